The van der Waals surface area contributed by atoms with Gasteiger partial charge in [-0.15, -0.1) is 0 Å². The molecule has 2 rings (SSSR count). The van der Waals surface area contributed by atoms with E-state index in [9.17, 15) is 0 Å². The Balaban J connectivity index is 1.98. The van der Waals surface area contributed by atoms with Crippen molar-refractivity contribution >= 4 is 0 Å². The van der Waals surface area contributed by atoms with Gasteiger partial charge in [0.15, 0.2) is 0 Å². The van der Waals surface area contributed by atoms with E-state index in [1.54, 1.807) is 0 Å². The number of hydrogen-bond donors (Lipinski definition) is 0. The summed E-state index contributed by atoms with van der Waals surface area (Å²) in [4.78, 5) is 2.71. The van der Waals surface area contributed by atoms with Crippen LogP contribution in [0, 0.1) is 5.41 Å². The molecule has 2 aliphatic rings. The van der Waals surface area contributed by atoms with Gasteiger partial charge in [0.1, 0.15) is 0 Å². The van der Waals surface area contributed by atoms with Crippen molar-refractivity contribution in [1.29, 1.82) is 0 Å². The molecule has 1 saturated heterocycles. The summed E-state index contributed by atoms with van der Waals surface area (Å²) in [5.74, 6) is 0. The maximum absolute atomic E-state index is 2.71. The molecule has 76 valence electrons. The fraction of sp³-hybridized carbons (Fsp3) is 1.00. The zero-order valence-electron chi connectivity index (χ0n) is 9.34. The number of hydrogen-bond acceptors (Lipinski definition) is 1. The molecule has 0 amide bonds. The van der Waals surface area contributed by atoms with E-state index >= 15 is 0 Å². The van der Waals surface area contributed by atoms with Gasteiger partial charge >= 0.3 is 0 Å². The van der Waals surface area contributed by atoms with E-state index in [0.29, 0.717) is 0 Å². The smallest absolute Gasteiger partial charge is 0.0101 e. The standard InChI is InChI=1S/C12H23N/c1-4-11-9-12(5-6-12)7-8-13(11)10(2)3/h10-11H,4-9H2,1-3H3. The van der Waals surface area contributed by atoms with Crippen molar-refractivity contribution in [3.8, 4) is 0 Å². The molecule has 1 aliphatic heterocycles. The van der Waals surface area contributed by atoms with Crippen LogP contribution in [0.15, 0.2) is 0 Å². The number of likely N-dealkylation sites (tertiary alicyclic amines) is 1. The van der Waals surface area contributed by atoms with Gasteiger partial charge in [-0.1, -0.05) is 6.92 Å². The third kappa shape index (κ3) is 1.76. The van der Waals surface area contributed by atoms with Gasteiger partial charge in [0, 0.05) is 12.1 Å². The van der Waals surface area contributed by atoms with Gasteiger partial charge in [-0.2, -0.15) is 0 Å². The molecule has 1 heterocycles. The topological polar surface area (TPSA) is 3.24 Å². The van der Waals surface area contributed by atoms with Crippen LogP contribution in [0.25, 0.3) is 0 Å². The third-order valence-electron chi connectivity index (χ3n) is 4.13. The van der Waals surface area contributed by atoms with Gasteiger partial charge in [0.2, 0.25) is 0 Å². The highest BCUT2D eigenvalue weighted by Gasteiger charge is 2.47. The minimum Gasteiger partial charge on any atom is -0.298 e. The van der Waals surface area contributed by atoms with E-state index in [4.69, 9.17) is 0 Å². The van der Waals surface area contributed by atoms with E-state index in [2.05, 4.69) is 25.7 Å². The molecule has 0 aromatic rings. The average molecular weight is 181 g/mol. The van der Waals surface area contributed by atoms with Crippen LogP contribution in [-0.2, 0) is 0 Å². The summed E-state index contributed by atoms with van der Waals surface area (Å²) in [7, 11) is 0. The molecule has 1 atom stereocenters. The van der Waals surface area contributed by atoms with Gasteiger partial charge in [0.25, 0.3) is 0 Å². The minimum absolute atomic E-state index is 0.751. The molecule has 0 bridgehead atoms. The van der Waals surface area contributed by atoms with E-state index in [0.717, 1.165) is 17.5 Å². The van der Waals surface area contributed by atoms with Crippen LogP contribution >= 0.6 is 0 Å². The van der Waals surface area contributed by atoms with Gasteiger partial charge < -0.3 is 0 Å². The first-order valence-corrected chi connectivity index (χ1v) is 5.93. The van der Waals surface area contributed by atoms with Crippen molar-refractivity contribution in [2.45, 2.75) is 65.0 Å². The molecule has 0 aromatic carbocycles. The quantitative estimate of drug-likeness (QED) is 0.633. The fourth-order valence-electron chi connectivity index (χ4n) is 2.96. The Labute approximate surface area is 82.5 Å². The Morgan fingerprint density at radius 3 is 2.46 bits per heavy atom. The van der Waals surface area contributed by atoms with Crippen LogP contribution in [0.1, 0.15) is 52.9 Å². The van der Waals surface area contributed by atoms with E-state index in [1.807, 2.05) is 0 Å². The number of nitrogens with zero attached hydrogens (tertiary/aromatic N) is 1. The van der Waals surface area contributed by atoms with Gasteiger partial charge in [-0.05, 0) is 57.9 Å². The first-order valence-electron chi connectivity index (χ1n) is 5.93. The summed E-state index contributed by atoms with van der Waals surface area (Å²) in [5, 5.41) is 0. The molecule has 2 fully saturated rings. The summed E-state index contributed by atoms with van der Waals surface area (Å²) in [5.41, 5.74) is 0.825. The third-order valence-corrected chi connectivity index (χ3v) is 4.13. The fourth-order valence-corrected chi connectivity index (χ4v) is 2.96. The number of piperidine rings is 1. The first-order chi connectivity index (χ1) is 6.17. The minimum atomic E-state index is 0.751. The van der Waals surface area contributed by atoms with Gasteiger partial charge in [-0.25, -0.2) is 0 Å². The highest BCUT2D eigenvalue weighted by molar-refractivity contribution is 5.00. The van der Waals surface area contributed by atoms with Crippen LogP contribution in [0.2, 0.25) is 0 Å². The highest BCUT2D eigenvalue weighted by Crippen LogP contribution is 2.55. The van der Waals surface area contributed by atoms with Crippen molar-refractivity contribution in [2.75, 3.05) is 6.54 Å². The predicted octanol–water partition coefficient (Wildman–Crippen LogP) is 3.05. The Morgan fingerprint density at radius 1 is 1.31 bits per heavy atom. The lowest BCUT2D eigenvalue weighted by Gasteiger charge is -2.42. The Morgan fingerprint density at radius 2 is 2.00 bits per heavy atom. The van der Waals surface area contributed by atoms with Crippen LogP contribution in [0.5, 0.6) is 0 Å². The van der Waals surface area contributed by atoms with Crippen molar-refractivity contribution < 1.29 is 0 Å². The Hall–Kier alpha value is -0.0400. The van der Waals surface area contributed by atoms with Crippen molar-refractivity contribution in [3.63, 3.8) is 0 Å². The molecule has 1 aliphatic carbocycles. The lowest BCUT2D eigenvalue weighted by Crippen LogP contribution is -2.46. The van der Waals surface area contributed by atoms with Crippen molar-refractivity contribution in [3.05, 3.63) is 0 Å². The van der Waals surface area contributed by atoms with Crippen LogP contribution in [-0.4, -0.2) is 23.5 Å². The molecule has 0 N–H and O–H groups in total. The zero-order valence-corrected chi connectivity index (χ0v) is 9.34. The largest absolute Gasteiger partial charge is 0.298 e. The van der Waals surface area contributed by atoms with Gasteiger partial charge in [-0.3, -0.25) is 4.90 Å². The summed E-state index contributed by atoms with van der Waals surface area (Å²) in [6, 6.07) is 1.64. The van der Waals surface area contributed by atoms with Crippen LogP contribution in [0.3, 0.4) is 0 Å². The second kappa shape index (κ2) is 3.27. The molecule has 0 radical (unpaired) electrons. The molecule has 1 unspecified atom stereocenters. The van der Waals surface area contributed by atoms with Crippen LogP contribution < -0.4 is 0 Å². The van der Waals surface area contributed by atoms with Crippen molar-refractivity contribution in [1.82, 2.24) is 4.90 Å². The summed E-state index contributed by atoms with van der Waals surface area (Å²) in [6.07, 6.45) is 7.36. The molecule has 1 heteroatoms. The predicted molar refractivity (Wildman–Crippen MR) is 56.8 cm³/mol. The Bertz CT molecular complexity index is 182. The summed E-state index contributed by atoms with van der Waals surface area (Å²) < 4.78 is 0. The van der Waals surface area contributed by atoms with E-state index in [-0.39, 0.29) is 0 Å². The summed E-state index contributed by atoms with van der Waals surface area (Å²) in [6.45, 7) is 8.39. The second-order valence-corrected chi connectivity index (χ2v) is 5.35. The molecule has 1 nitrogen and oxygen atoms in total. The van der Waals surface area contributed by atoms with Gasteiger partial charge in [0.05, 0.1) is 0 Å². The molecule has 1 spiro atoms. The van der Waals surface area contributed by atoms with E-state index in [1.165, 1.54) is 38.6 Å². The maximum atomic E-state index is 2.71. The monoisotopic (exact) mass is 181 g/mol. The SMILES string of the molecule is CCC1CC2(CCN1C(C)C)CC2. The average Bonchev–Trinajstić information content (AvgIpc) is 2.84. The molecule has 13 heavy (non-hydrogen) atoms. The number of rotatable bonds is 2. The molecule has 0 aromatic heterocycles. The van der Waals surface area contributed by atoms with Crippen molar-refractivity contribution in [2.24, 2.45) is 5.41 Å². The highest BCUT2D eigenvalue weighted by atomic mass is 15.2. The normalized spacial score (nSPS) is 32.8. The van der Waals surface area contributed by atoms with E-state index < -0.39 is 0 Å². The lowest BCUT2D eigenvalue weighted by atomic mass is 9.86. The van der Waals surface area contributed by atoms with Crippen LogP contribution in [0.4, 0.5) is 0 Å². The zero-order chi connectivity index (χ0) is 9.47. The maximum Gasteiger partial charge on any atom is 0.0101 e. The first kappa shape index (κ1) is 9.51. The molecular weight excluding hydrogens is 158 g/mol. The lowest BCUT2D eigenvalue weighted by molar-refractivity contribution is 0.0703. The Kier molecular flexibility index (Phi) is 2.39. The second-order valence-electron chi connectivity index (χ2n) is 5.35. The molecular formula is C12H23N. The summed E-state index contributed by atoms with van der Waals surface area (Å²) >= 11 is 0. The molecule has 1 saturated carbocycles.